The SMILES string of the molecule is CC1CC(c2cccc(NC(=O)c3cc(CNC4(C)CC4)cn4ncnc34)c2)(c2nncn2C)C1. The van der Waals surface area contributed by atoms with Gasteiger partial charge in [0.15, 0.2) is 5.65 Å². The number of nitrogens with zero attached hydrogens (tertiary/aromatic N) is 6. The van der Waals surface area contributed by atoms with Crippen LogP contribution in [0.5, 0.6) is 0 Å². The number of aryl methyl sites for hydroxylation is 1. The maximum absolute atomic E-state index is 13.4. The van der Waals surface area contributed by atoms with Crippen molar-refractivity contribution in [2.45, 2.75) is 57.0 Å². The van der Waals surface area contributed by atoms with Gasteiger partial charge in [0.05, 0.1) is 11.0 Å². The Morgan fingerprint density at radius 2 is 2.06 bits per heavy atom. The number of amides is 1. The minimum atomic E-state index is -0.200. The van der Waals surface area contributed by atoms with Gasteiger partial charge in [-0.3, -0.25) is 4.79 Å². The summed E-state index contributed by atoms with van der Waals surface area (Å²) in [6.07, 6.45) is 9.53. The van der Waals surface area contributed by atoms with Crippen LogP contribution < -0.4 is 10.6 Å². The molecule has 1 amide bonds. The fourth-order valence-corrected chi connectivity index (χ4v) is 5.41. The number of carbonyl (C=O) groups excluding carboxylic acids is 1. The van der Waals surface area contributed by atoms with Gasteiger partial charge < -0.3 is 15.2 Å². The molecule has 0 saturated heterocycles. The smallest absolute Gasteiger partial charge is 0.259 e. The van der Waals surface area contributed by atoms with Gasteiger partial charge in [-0.15, -0.1) is 10.2 Å². The average Bonchev–Trinajstić information content (AvgIpc) is 3.18. The first-order valence-corrected chi connectivity index (χ1v) is 12.2. The predicted molar refractivity (Wildman–Crippen MR) is 132 cm³/mol. The molecule has 0 unspecified atom stereocenters. The summed E-state index contributed by atoms with van der Waals surface area (Å²) >= 11 is 0. The Kier molecular flexibility index (Phi) is 5.00. The van der Waals surface area contributed by atoms with E-state index >= 15 is 0 Å². The minimum absolute atomic E-state index is 0.184. The van der Waals surface area contributed by atoms with Gasteiger partial charge in [0, 0.05) is 31.0 Å². The topological polar surface area (TPSA) is 102 Å². The monoisotopic (exact) mass is 470 g/mol. The van der Waals surface area contributed by atoms with Gasteiger partial charge in [0.25, 0.3) is 5.91 Å². The van der Waals surface area contributed by atoms with E-state index in [9.17, 15) is 4.79 Å². The number of hydrogen-bond donors (Lipinski definition) is 2. The standard InChI is InChI=1S/C26H30N8O/c1-17-11-26(12-17,24-32-29-16-33(24)3)19-5-4-6-20(10-19)31-23(35)21-9-18(13-28-25(2)7-8-25)14-34-22(21)27-15-30-34/h4-6,9-10,14-17,28H,7-8,11-13H2,1-3H3,(H,31,35). The zero-order valence-corrected chi connectivity index (χ0v) is 20.3. The van der Waals surface area contributed by atoms with Crippen LogP contribution in [0.3, 0.4) is 0 Å². The molecule has 0 radical (unpaired) electrons. The molecule has 3 aromatic heterocycles. The summed E-state index contributed by atoms with van der Waals surface area (Å²) in [7, 11) is 1.99. The summed E-state index contributed by atoms with van der Waals surface area (Å²) in [5.74, 6) is 1.38. The summed E-state index contributed by atoms with van der Waals surface area (Å²) in [4.78, 5) is 17.8. The van der Waals surface area contributed by atoms with Gasteiger partial charge in [-0.1, -0.05) is 19.1 Å². The molecule has 2 aliphatic rings. The molecule has 2 N–H and O–H groups in total. The van der Waals surface area contributed by atoms with Crippen LogP contribution in [0.1, 0.15) is 66.8 Å². The van der Waals surface area contributed by atoms with Gasteiger partial charge >= 0.3 is 0 Å². The fourth-order valence-electron chi connectivity index (χ4n) is 5.41. The molecule has 0 spiro atoms. The molecule has 0 aliphatic heterocycles. The third-order valence-electron chi connectivity index (χ3n) is 7.60. The summed E-state index contributed by atoms with van der Waals surface area (Å²) < 4.78 is 3.68. The van der Waals surface area contributed by atoms with Crippen LogP contribution in [0.4, 0.5) is 5.69 Å². The first kappa shape index (κ1) is 21.9. The van der Waals surface area contributed by atoms with Crippen molar-refractivity contribution < 1.29 is 4.79 Å². The molecule has 3 heterocycles. The molecule has 9 heteroatoms. The summed E-state index contributed by atoms with van der Waals surface area (Å²) in [6, 6.07) is 10.0. The number of fused-ring (bicyclic) bond motifs is 1. The van der Waals surface area contributed by atoms with Crippen molar-refractivity contribution in [2.24, 2.45) is 13.0 Å². The Morgan fingerprint density at radius 1 is 1.23 bits per heavy atom. The molecule has 0 atom stereocenters. The second-order valence-electron chi connectivity index (χ2n) is 10.6. The van der Waals surface area contributed by atoms with Crippen molar-refractivity contribution in [3.8, 4) is 0 Å². The van der Waals surface area contributed by atoms with Crippen LogP contribution in [0, 0.1) is 5.92 Å². The Morgan fingerprint density at radius 3 is 2.77 bits per heavy atom. The number of carbonyl (C=O) groups is 1. The van der Waals surface area contributed by atoms with Crippen molar-refractivity contribution in [1.29, 1.82) is 0 Å². The van der Waals surface area contributed by atoms with Crippen LogP contribution in [0.15, 0.2) is 49.2 Å². The van der Waals surface area contributed by atoms with E-state index in [1.807, 2.05) is 36.0 Å². The molecule has 2 fully saturated rings. The fraction of sp³-hybridized carbons (Fsp3) is 0.423. The highest BCUT2D eigenvalue weighted by Gasteiger charge is 2.48. The lowest BCUT2D eigenvalue weighted by Crippen LogP contribution is -2.43. The Bertz CT molecular complexity index is 1410. The summed E-state index contributed by atoms with van der Waals surface area (Å²) in [6.45, 7) is 5.16. The van der Waals surface area contributed by atoms with E-state index in [-0.39, 0.29) is 16.9 Å². The van der Waals surface area contributed by atoms with Gasteiger partial charge in [0.1, 0.15) is 18.5 Å². The number of rotatable bonds is 7. The Labute approximate surface area is 204 Å². The first-order valence-electron chi connectivity index (χ1n) is 12.2. The highest BCUT2D eigenvalue weighted by molar-refractivity contribution is 6.08. The van der Waals surface area contributed by atoms with E-state index in [4.69, 9.17) is 0 Å². The Balaban J connectivity index is 1.29. The molecule has 4 aromatic rings. The maximum atomic E-state index is 13.4. The van der Waals surface area contributed by atoms with Crippen molar-refractivity contribution in [2.75, 3.05) is 5.32 Å². The van der Waals surface area contributed by atoms with Gasteiger partial charge in [0.2, 0.25) is 0 Å². The van der Waals surface area contributed by atoms with E-state index in [1.165, 1.54) is 19.2 Å². The van der Waals surface area contributed by atoms with Crippen molar-refractivity contribution in [1.82, 2.24) is 34.7 Å². The lowest BCUT2D eigenvalue weighted by Gasteiger charge is -2.46. The van der Waals surface area contributed by atoms with E-state index < -0.39 is 0 Å². The van der Waals surface area contributed by atoms with Gasteiger partial charge in [-0.05, 0) is 67.9 Å². The first-order chi connectivity index (χ1) is 16.9. The van der Waals surface area contributed by atoms with E-state index in [1.54, 1.807) is 10.8 Å². The largest absolute Gasteiger partial charge is 0.322 e. The van der Waals surface area contributed by atoms with Crippen LogP contribution in [0.25, 0.3) is 5.65 Å². The summed E-state index contributed by atoms with van der Waals surface area (Å²) in [5, 5.41) is 19.5. The molecule has 1 aromatic carbocycles. The maximum Gasteiger partial charge on any atom is 0.259 e. The number of pyridine rings is 1. The third kappa shape index (κ3) is 3.89. The number of aromatic nitrogens is 6. The molecular formula is C26H30N8O. The number of hydrogen-bond acceptors (Lipinski definition) is 6. The van der Waals surface area contributed by atoms with Crippen molar-refractivity contribution >= 4 is 17.2 Å². The van der Waals surface area contributed by atoms with Gasteiger partial charge in [-0.2, -0.15) is 5.10 Å². The number of anilines is 1. The molecule has 180 valence electrons. The zero-order chi connectivity index (χ0) is 24.2. The van der Waals surface area contributed by atoms with Crippen LogP contribution >= 0.6 is 0 Å². The molecule has 2 saturated carbocycles. The van der Waals surface area contributed by atoms with Crippen LogP contribution in [-0.2, 0) is 19.0 Å². The lowest BCUT2D eigenvalue weighted by atomic mass is 9.58. The Hall–Kier alpha value is -3.59. The van der Waals surface area contributed by atoms with Crippen molar-refractivity contribution in [3.63, 3.8) is 0 Å². The zero-order valence-electron chi connectivity index (χ0n) is 20.3. The lowest BCUT2D eigenvalue weighted by molar-refractivity contribution is 0.102. The second kappa shape index (κ2) is 7.98. The molecule has 9 nitrogen and oxygen atoms in total. The predicted octanol–water partition coefficient (Wildman–Crippen LogP) is 3.47. The number of benzene rings is 1. The molecule has 2 aliphatic carbocycles. The number of nitrogens with one attached hydrogen (secondary N) is 2. The minimum Gasteiger partial charge on any atom is -0.322 e. The normalized spacial score (nSPS) is 22.7. The molecular weight excluding hydrogens is 440 g/mol. The van der Waals surface area contributed by atoms with Crippen LogP contribution in [-0.4, -0.2) is 40.8 Å². The molecule has 6 rings (SSSR count). The van der Waals surface area contributed by atoms with Crippen molar-refractivity contribution in [3.05, 3.63) is 71.7 Å². The molecule has 0 bridgehead atoms. The average molecular weight is 471 g/mol. The van der Waals surface area contributed by atoms with Crippen LogP contribution in [0.2, 0.25) is 0 Å². The third-order valence-corrected chi connectivity index (χ3v) is 7.60. The van der Waals surface area contributed by atoms with E-state index in [0.717, 1.165) is 35.5 Å². The van der Waals surface area contributed by atoms with Gasteiger partial charge in [-0.25, -0.2) is 9.50 Å². The molecule has 35 heavy (non-hydrogen) atoms. The van der Waals surface area contributed by atoms with E-state index in [2.05, 4.69) is 56.9 Å². The highest BCUT2D eigenvalue weighted by Crippen LogP contribution is 2.51. The quantitative estimate of drug-likeness (QED) is 0.429. The highest BCUT2D eigenvalue weighted by atomic mass is 16.1. The second-order valence-corrected chi connectivity index (χ2v) is 10.6. The van der Waals surface area contributed by atoms with E-state index in [0.29, 0.717) is 23.7 Å². The summed E-state index contributed by atoms with van der Waals surface area (Å²) in [5.41, 5.74) is 3.97.